The first-order valence-electron chi connectivity index (χ1n) is 5.12. The minimum Gasteiger partial charge on any atom is -0.279 e. The van der Waals surface area contributed by atoms with Gasteiger partial charge in [-0.15, -0.1) is 0 Å². The van der Waals surface area contributed by atoms with Crippen LogP contribution in [0.25, 0.3) is 22.2 Å². The van der Waals surface area contributed by atoms with Gasteiger partial charge in [0.25, 0.3) is 5.56 Å². The fourth-order valence-electron chi connectivity index (χ4n) is 1.74. The van der Waals surface area contributed by atoms with Gasteiger partial charge in [0, 0.05) is 11.5 Å². The lowest BCUT2D eigenvalue weighted by Crippen LogP contribution is -2.29. The number of hydrogen-bond acceptors (Lipinski definition) is 4. The molecule has 0 aliphatic heterocycles. The van der Waals surface area contributed by atoms with E-state index >= 15 is 0 Å². The summed E-state index contributed by atoms with van der Waals surface area (Å²) in [6.07, 6.45) is 0. The SMILES string of the molecule is Cn1c(=O)[nH]c(=O)c2nc3cc(Br)ccc3nc21. The van der Waals surface area contributed by atoms with Gasteiger partial charge in [0.1, 0.15) is 0 Å². The van der Waals surface area contributed by atoms with Crippen molar-refractivity contribution >= 4 is 38.1 Å². The first kappa shape index (κ1) is 11.1. The topological polar surface area (TPSA) is 80.6 Å². The van der Waals surface area contributed by atoms with E-state index in [4.69, 9.17) is 0 Å². The summed E-state index contributed by atoms with van der Waals surface area (Å²) in [4.78, 5) is 33.9. The molecule has 2 aromatic heterocycles. The zero-order valence-electron chi connectivity index (χ0n) is 9.27. The van der Waals surface area contributed by atoms with Gasteiger partial charge in [-0.1, -0.05) is 15.9 Å². The summed E-state index contributed by atoms with van der Waals surface area (Å²) < 4.78 is 2.12. The van der Waals surface area contributed by atoms with E-state index in [0.29, 0.717) is 11.0 Å². The van der Waals surface area contributed by atoms with Crippen LogP contribution in [0.15, 0.2) is 32.3 Å². The third-order valence-electron chi connectivity index (χ3n) is 2.67. The molecular weight excluding hydrogens is 300 g/mol. The Balaban J connectivity index is 2.61. The molecule has 0 spiro atoms. The lowest BCUT2D eigenvalue weighted by Gasteiger charge is -2.04. The Bertz CT molecular complexity index is 897. The van der Waals surface area contributed by atoms with Crippen molar-refractivity contribution in [2.45, 2.75) is 0 Å². The van der Waals surface area contributed by atoms with Crippen LogP contribution in [-0.2, 0) is 7.05 Å². The van der Waals surface area contributed by atoms with Crippen molar-refractivity contribution in [3.05, 3.63) is 43.5 Å². The smallest absolute Gasteiger partial charge is 0.279 e. The normalized spacial score (nSPS) is 11.2. The van der Waals surface area contributed by atoms with Crippen molar-refractivity contribution in [1.82, 2.24) is 19.5 Å². The van der Waals surface area contributed by atoms with Crippen LogP contribution in [0.4, 0.5) is 0 Å². The van der Waals surface area contributed by atoms with Gasteiger partial charge in [-0.25, -0.2) is 14.8 Å². The van der Waals surface area contributed by atoms with Gasteiger partial charge in [0.2, 0.25) is 0 Å². The Labute approximate surface area is 108 Å². The summed E-state index contributed by atoms with van der Waals surface area (Å²) in [6.45, 7) is 0. The van der Waals surface area contributed by atoms with E-state index < -0.39 is 11.2 Å². The number of aromatic amines is 1. The van der Waals surface area contributed by atoms with E-state index in [1.807, 2.05) is 6.07 Å². The maximum Gasteiger partial charge on any atom is 0.329 e. The average Bonchev–Trinajstić information content (AvgIpc) is 2.34. The van der Waals surface area contributed by atoms with Gasteiger partial charge in [0.15, 0.2) is 11.2 Å². The molecule has 18 heavy (non-hydrogen) atoms. The highest BCUT2D eigenvalue weighted by Crippen LogP contribution is 2.17. The fourth-order valence-corrected chi connectivity index (χ4v) is 2.09. The Morgan fingerprint density at radius 1 is 1.22 bits per heavy atom. The van der Waals surface area contributed by atoms with Crippen molar-refractivity contribution in [3.63, 3.8) is 0 Å². The molecule has 0 radical (unpaired) electrons. The Hall–Kier alpha value is -2.02. The number of rotatable bonds is 0. The van der Waals surface area contributed by atoms with Gasteiger partial charge in [-0.3, -0.25) is 14.3 Å². The summed E-state index contributed by atoms with van der Waals surface area (Å²) in [7, 11) is 1.54. The van der Waals surface area contributed by atoms with E-state index in [-0.39, 0.29) is 11.2 Å². The lowest BCUT2D eigenvalue weighted by atomic mass is 10.3. The zero-order chi connectivity index (χ0) is 12.9. The predicted octanol–water partition coefficient (Wildman–Crippen LogP) is 0.932. The molecule has 0 aliphatic rings. The van der Waals surface area contributed by atoms with Crippen LogP contribution in [0.1, 0.15) is 0 Å². The second-order valence-corrected chi connectivity index (χ2v) is 4.76. The number of aryl methyl sites for hydroxylation is 1. The minimum atomic E-state index is -0.525. The maximum atomic E-state index is 11.7. The number of hydrogen-bond donors (Lipinski definition) is 1. The van der Waals surface area contributed by atoms with Crippen molar-refractivity contribution in [3.8, 4) is 0 Å². The summed E-state index contributed by atoms with van der Waals surface area (Å²) in [5.41, 5.74) is 0.634. The number of halogens is 1. The molecule has 1 N–H and O–H groups in total. The van der Waals surface area contributed by atoms with Crippen LogP contribution in [-0.4, -0.2) is 19.5 Å². The molecule has 3 rings (SSSR count). The predicted molar refractivity (Wildman–Crippen MR) is 70.6 cm³/mol. The molecule has 3 aromatic rings. The minimum absolute atomic E-state index is 0.155. The number of nitrogens with zero attached hydrogens (tertiary/aromatic N) is 3. The molecule has 0 amide bonds. The van der Waals surface area contributed by atoms with Gasteiger partial charge in [-0.05, 0) is 18.2 Å². The third kappa shape index (κ3) is 1.55. The van der Waals surface area contributed by atoms with Gasteiger partial charge in [-0.2, -0.15) is 0 Å². The van der Waals surface area contributed by atoms with Crippen molar-refractivity contribution in [1.29, 1.82) is 0 Å². The van der Waals surface area contributed by atoms with E-state index in [2.05, 4.69) is 30.9 Å². The second-order valence-electron chi connectivity index (χ2n) is 3.85. The van der Waals surface area contributed by atoms with Gasteiger partial charge in [0.05, 0.1) is 11.0 Å². The Morgan fingerprint density at radius 3 is 2.78 bits per heavy atom. The lowest BCUT2D eigenvalue weighted by molar-refractivity contribution is 0.827. The zero-order valence-corrected chi connectivity index (χ0v) is 10.9. The molecule has 1 aromatic carbocycles. The van der Waals surface area contributed by atoms with Crippen LogP contribution >= 0.6 is 15.9 Å². The Kier molecular flexibility index (Phi) is 2.30. The van der Waals surface area contributed by atoms with Crippen molar-refractivity contribution in [2.24, 2.45) is 7.05 Å². The number of aromatic nitrogens is 4. The van der Waals surface area contributed by atoms with Crippen LogP contribution in [0, 0.1) is 0 Å². The highest BCUT2D eigenvalue weighted by atomic mass is 79.9. The largest absolute Gasteiger partial charge is 0.329 e. The Morgan fingerprint density at radius 2 is 2.00 bits per heavy atom. The van der Waals surface area contributed by atoms with Crippen LogP contribution < -0.4 is 11.2 Å². The molecule has 0 saturated heterocycles. The van der Waals surface area contributed by atoms with Gasteiger partial charge < -0.3 is 0 Å². The number of H-pyrrole nitrogens is 1. The standard InChI is InChI=1S/C11H7BrN4O2/c1-16-9-8(10(17)15-11(16)18)13-7-4-5(12)2-3-6(7)14-9/h2-4H,1H3,(H,15,17,18). The quantitative estimate of drug-likeness (QED) is 0.627. The molecule has 90 valence electrons. The summed E-state index contributed by atoms with van der Waals surface area (Å²) in [5.74, 6) is 0. The molecule has 0 saturated carbocycles. The summed E-state index contributed by atoms with van der Waals surface area (Å²) in [5, 5.41) is 0. The van der Waals surface area contributed by atoms with E-state index in [9.17, 15) is 9.59 Å². The first-order chi connectivity index (χ1) is 8.56. The van der Waals surface area contributed by atoms with Crippen LogP contribution in [0.5, 0.6) is 0 Å². The van der Waals surface area contributed by atoms with E-state index in [0.717, 1.165) is 4.47 Å². The maximum absolute atomic E-state index is 11.7. The number of fused-ring (bicyclic) bond motifs is 2. The summed E-state index contributed by atoms with van der Waals surface area (Å²) >= 11 is 3.33. The highest BCUT2D eigenvalue weighted by molar-refractivity contribution is 9.10. The molecule has 0 atom stereocenters. The second kappa shape index (κ2) is 3.74. The molecule has 7 heteroatoms. The van der Waals surface area contributed by atoms with Crippen molar-refractivity contribution < 1.29 is 0 Å². The first-order valence-corrected chi connectivity index (χ1v) is 5.92. The molecule has 0 aliphatic carbocycles. The van der Waals surface area contributed by atoms with Crippen molar-refractivity contribution in [2.75, 3.05) is 0 Å². The van der Waals surface area contributed by atoms with E-state index in [1.54, 1.807) is 19.2 Å². The average molecular weight is 307 g/mol. The number of nitrogens with one attached hydrogen (secondary N) is 1. The molecule has 0 fully saturated rings. The summed E-state index contributed by atoms with van der Waals surface area (Å²) in [6, 6.07) is 5.37. The fraction of sp³-hybridized carbons (Fsp3) is 0.0909. The number of benzene rings is 1. The molecular formula is C11H7BrN4O2. The third-order valence-corrected chi connectivity index (χ3v) is 3.16. The van der Waals surface area contributed by atoms with Crippen LogP contribution in [0.2, 0.25) is 0 Å². The molecule has 0 bridgehead atoms. The molecule has 6 nitrogen and oxygen atoms in total. The van der Waals surface area contributed by atoms with Gasteiger partial charge >= 0.3 is 5.69 Å². The molecule has 2 heterocycles. The highest BCUT2D eigenvalue weighted by Gasteiger charge is 2.09. The van der Waals surface area contributed by atoms with E-state index in [1.165, 1.54) is 4.57 Å². The van der Waals surface area contributed by atoms with Crippen LogP contribution in [0.3, 0.4) is 0 Å². The molecule has 0 unspecified atom stereocenters. The monoisotopic (exact) mass is 306 g/mol.